The molecule has 0 spiro atoms. The Bertz CT molecular complexity index is 528. The Morgan fingerprint density at radius 3 is 2.95 bits per heavy atom. The highest BCUT2D eigenvalue weighted by Gasteiger charge is 2.21. The molecule has 0 unspecified atom stereocenters. The average Bonchev–Trinajstić information content (AvgIpc) is 2.83. The zero-order valence-electron chi connectivity index (χ0n) is 11.0. The van der Waals surface area contributed by atoms with Crippen molar-refractivity contribution in [3.8, 4) is 17.6 Å². The van der Waals surface area contributed by atoms with Crippen molar-refractivity contribution in [1.82, 2.24) is 4.90 Å². The molecule has 1 N–H and O–H groups in total. The number of hydrogen-bond acceptors (Lipinski definition) is 3. The van der Waals surface area contributed by atoms with Crippen LogP contribution in [0.2, 0.25) is 0 Å². The number of nitrogens with zero attached hydrogens (tertiary/aromatic N) is 1. The lowest BCUT2D eigenvalue weighted by Crippen LogP contribution is -2.24. The summed E-state index contributed by atoms with van der Waals surface area (Å²) in [6, 6.07) is 5.58. The van der Waals surface area contributed by atoms with E-state index in [1.165, 1.54) is 0 Å². The van der Waals surface area contributed by atoms with Crippen LogP contribution in [0, 0.1) is 11.8 Å². The standard InChI is InChI=1S/C15H17NO3/c1-19-14-7-6-12(4-3-9-17)13(10-14)11-16-8-2-5-15(16)18/h6-7,10,17H,2,5,8-9,11H2,1H3. The quantitative estimate of drug-likeness (QED) is 0.829. The van der Waals surface area contributed by atoms with Crippen LogP contribution in [-0.2, 0) is 11.3 Å². The summed E-state index contributed by atoms with van der Waals surface area (Å²) in [5, 5.41) is 8.78. The van der Waals surface area contributed by atoms with Gasteiger partial charge in [0.25, 0.3) is 0 Å². The average molecular weight is 259 g/mol. The van der Waals surface area contributed by atoms with Crippen molar-refractivity contribution in [2.24, 2.45) is 0 Å². The van der Waals surface area contributed by atoms with Crippen LogP contribution in [0.25, 0.3) is 0 Å². The van der Waals surface area contributed by atoms with Crippen LogP contribution in [0.1, 0.15) is 24.0 Å². The molecule has 1 aromatic rings. The van der Waals surface area contributed by atoms with Crippen molar-refractivity contribution in [3.63, 3.8) is 0 Å². The van der Waals surface area contributed by atoms with Crippen molar-refractivity contribution in [2.45, 2.75) is 19.4 Å². The zero-order valence-corrected chi connectivity index (χ0v) is 11.0. The van der Waals surface area contributed by atoms with Crippen LogP contribution < -0.4 is 4.74 Å². The zero-order chi connectivity index (χ0) is 13.7. The van der Waals surface area contributed by atoms with Gasteiger partial charge >= 0.3 is 0 Å². The Morgan fingerprint density at radius 1 is 1.47 bits per heavy atom. The predicted molar refractivity (Wildman–Crippen MR) is 71.6 cm³/mol. The van der Waals surface area contributed by atoms with Gasteiger partial charge in [-0.25, -0.2) is 0 Å². The molecule has 19 heavy (non-hydrogen) atoms. The fourth-order valence-electron chi connectivity index (χ4n) is 2.16. The summed E-state index contributed by atoms with van der Waals surface area (Å²) in [6.07, 6.45) is 1.54. The van der Waals surface area contributed by atoms with E-state index < -0.39 is 0 Å². The summed E-state index contributed by atoms with van der Waals surface area (Å²) in [4.78, 5) is 13.5. The molecule has 1 saturated heterocycles. The topological polar surface area (TPSA) is 49.8 Å². The maximum absolute atomic E-state index is 11.7. The van der Waals surface area contributed by atoms with E-state index in [0.717, 1.165) is 29.8 Å². The van der Waals surface area contributed by atoms with E-state index >= 15 is 0 Å². The molecule has 1 fully saturated rings. The third-order valence-electron chi connectivity index (χ3n) is 3.15. The highest BCUT2D eigenvalue weighted by Crippen LogP contribution is 2.21. The number of aliphatic hydroxyl groups is 1. The first-order valence-electron chi connectivity index (χ1n) is 6.29. The Kier molecular flexibility index (Phi) is 4.43. The van der Waals surface area contributed by atoms with Gasteiger partial charge in [0.2, 0.25) is 5.91 Å². The smallest absolute Gasteiger partial charge is 0.222 e. The molecule has 100 valence electrons. The molecule has 0 atom stereocenters. The molecule has 1 amide bonds. The van der Waals surface area contributed by atoms with E-state index in [-0.39, 0.29) is 12.5 Å². The summed E-state index contributed by atoms with van der Waals surface area (Å²) in [7, 11) is 1.61. The van der Waals surface area contributed by atoms with Gasteiger partial charge in [0.1, 0.15) is 12.4 Å². The summed E-state index contributed by atoms with van der Waals surface area (Å²) in [5.74, 6) is 6.48. The number of methoxy groups -OCH3 is 1. The number of carbonyl (C=O) groups is 1. The Morgan fingerprint density at radius 2 is 2.32 bits per heavy atom. The number of amides is 1. The van der Waals surface area contributed by atoms with Crippen LogP contribution in [0.3, 0.4) is 0 Å². The molecule has 1 aliphatic heterocycles. The molecular formula is C15H17NO3. The lowest BCUT2D eigenvalue weighted by Gasteiger charge is -2.17. The monoisotopic (exact) mass is 259 g/mol. The van der Waals surface area contributed by atoms with Crippen molar-refractivity contribution >= 4 is 5.91 Å². The van der Waals surface area contributed by atoms with Gasteiger partial charge in [-0.1, -0.05) is 11.8 Å². The first-order valence-corrected chi connectivity index (χ1v) is 6.29. The van der Waals surface area contributed by atoms with E-state index in [1.54, 1.807) is 7.11 Å². The van der Waals surface area contributed by atoms with E-state index in [4.69, 9.17) is 9.84 Å². The van der Waals surface area contributed by atoms with Gasteiger partial charge in [-0.3, -0.25) is 4.79 Å². The number of rotatable bonds is 3. The molecule has 0 radical (unpaired) electrons. The fraction of sp³-hybridized carbons (Fsp3) is 0.400. The first kappa shape index (κ1) is 13.4. The summed E-state index contributed by atoms with van der Waals surface area (Å²) in [5.41, 5.74) is 1.78. The van der Waals surface area contributed by atoms with Crippen LogP contribution in [-0.4, -0.2) is 36.2 Å². The van der Waals surface area contributed by atoms with E-state index in [2.05, 4.69) is 11.8 Å². The third-order valence-corrected chi connectivity index (χ3v) is 3.15. The number of likely N-dealkylation sites (tertiary alicyclic amines) is 1. The minimum Gasteiger partial charge on any atom is -0.497 e. The predicted octanol–water partition coefficient (Wildman–Crippen LogP) is 1.16. The van der Waals surface area contributed by atoms with Crippen LogP contribution in [0.15, 0.2) is 18.2 Å². The SMILES string of the molecule is COc1ccc(C#CCO)c(CN2CCCC2=O)c1. The molecule has 0 bridgehead atoms. The fourth-order valence-corrected chi connectivity index (χ4v) is 2.16. The molecule has 1 aliphatic rings. The van der Waals surface area contributed by atoms with Crippen molar-refractivity contribution in [2.75, 3.05) is 20.3 Å². The molecule has 4 heteroatoms. The van der Waals surface area contributed by atoms with E-state index in [0.29, 0.717) is 13.0 Å². The molecule has 1 heterocycles. The molecular weight excluding hydrogens is 242 g/mol. The number of benzene rings is 1. The Hall–Kier alpha value is -1.99. The van der Waals surface area contributed by atoms with Gasteiger partial charge in [-0.05, 0) is 30.2 Å². The lowest BCUT2D eigenvalue weighted by molar-refractivity contribution is -0.128. The summed E-state index contributed by atoms with van der Waals surface area (Å²) >= 11 is 0. The second-order valence-corrected chi connectivity index (χ2v) is 4.40. The van der Waals surface area contributed by atoms with E-state index in [9.17, 15) is 4.79 Å². The minimum absolute atomic E-state index is 0.173. The lowest BCUT2D eigenvalue weighted by atomic mass is 10.1. The van der Waals surface area contributed by atoms with Gasteiger partial charge in [0.05, 0.1) is 7.11 Å². The second kappa shape index (κ2) is 6.26. The number of aliphatic hydroxyl groups excluding tert-OH is 1. The number of ether oxygens (including phenoxy) is 1. The van der Waals surface area contributed by atoms with Crippen molar-refractivity contribution in [3.05, 3.63) is 29.3 Å². The highest BCUT2D eigenvalue weighted by molar-refractivity contribution is 5.78. The molecule has 2 rings (SSSR count). The molecule has 0 aliphatic carbocycles. The molecule has 1 aromatic carbocycles. The summed E-state index contributed by atoms with van der Waals surface area (Å²) < 4.78 is 5.20. The van der Waals surface area contributed by atoms with Crippen molar-refractivity contribution in [1.29, 1.82) is 0 Å². The van der Waals surface area contributed by atoms with Gasteiger partial charge in [0.15, 0.2) is 0 Å². The minimum atomic E-state index is -0.173. The number of carbonyl (C=O) groups excluding carboxylic acids is 1. The molecule has 0 aromatic heterocycles. The number of hydrogen-bond donors (Lipinski definition) is 1. The van der Waals surface area contributed by atoms with Crippen LogP contribution >= 0.6 is 0 Å². The van der Waals surface area contributed by atoms with Gasteiger partial charge in [-0.15, -0.1) is 0 Å². The Balaban J connectivity index is 2.26. The van der Waals surface area contributed by atoms with Gasteiger partial charge in [0, 0.05) is 25.1 Å². The first-order chi connectivity index (χ1) is 9.24. The van der Waals surface area contributed by atoms with Crippen molar-refractivity contribution < 1.29 is 14.6 Å². The highest BCUT2D eigenvalue weighted by atomic mass is 16.5. The van der Waals surface area contributed by atoms with Crippen LogP contribution in [0.5, 0.6) is 5.75 Å². The molecule has 4 nitrogen and oxygen atoms in total. The maximum Gasteiger partial charge on any atom is 0.222 e. The third kappa shape index (κ3) is 3.27. The van der Waals surface area contributed by atoms with Gasteiger partial charge < -0.3 is 14.7 Å². The largest absolute Gasteiger partial charge is 0.497 e. The maximum atomic E-state index is 11.7. The van der Waals surface area contributed by atoms with E-state index in [1.807, 2.05) is 23.1 Å². The second-order valence-electron chi connectivity index (χ2n) is 4.40. The van der Waals surface area contributed by atoms with Crippen LogP contribution in [0.4, 0.5) is 0 Å². The summed E-state index contributed by atoms with van der Waals surface area (Å²) in [6.45, 7) is 1.17. The Labute approximate surface area is 113 Å². The molecule has 0 saturated carbocycles. The normalized spacial score (nSPS) is 14.2. The van der Waals surface area contributed by atoms with Gasteiger partial charge in [-0.2, -0.15) is 0 Å².